The maximum Gasteiger partial charge on any atom is 0.481 e. The number of ether oxygens (including phenoxy) is 6. The number of rotatable bonds is 14. The molecule has 2 aromatic rings. The van der Waals surface area contributed by atoms with Crippen molar-refractivity contribution in [2.75, 3.05) is 18.9 Å². The van der Waals surface area contributed by atoms with Crippen molar-refractivity contribution in [3.05, 3.63) is 12.7 Å². The number of carbonyl (C=O) groups is 4. The van der Waals surface area contributed by atoms with Crippen LogP contribution in [0, 0.1) is 0 Å². The van der Waals surface area contributed by atoms with Gasteiger partial charge in [0.15, 0.2) is 42.2 Å². The maximum atomic E-state index is 15.4. The third-order valence-corrected chi connectivity index (χ3v) is 10.6. The summed E-state index contributed by atoms with van der Waals surface area (Å²) in [5.41, 5.74) is 6.09. The summed E-state index contributed by atoms with van der Waals surface area (Å²) in [5, 5.41) is 21.2. The van der Waals surface area contributed by atoms with Gasteiger partial charge in [0, 0.05) is 27.7 Å². The van der Waals surface area contributed by atoms with Crippen molar-refractivity contribution in [2.45, 2.75) is 89.1 Å². The van der Waals surface area contributed by atoms with Crippen LogP contribution in [0.1, 0.15) is 33.9 Å². The number of hydrogen-bond donors (Lipinski definition) is 5. The number of nitrogens with two attached hydrogens (primary N) is 1. The lowest BCUT2D eigenvalue weighted by molar-refractivity contribution is -0.296. The lowest BCUT2D eigenvalue weighted by atomic mass is 9.95. The standard InChI is InChI=1S/C25H34FN5O18P2S/c1-9(32)41-5-13(26)18-19(43-10(2)33)20(44-11(3)34)21(45-12(4)35)25(47-18)48-50(38,39)49-51(40,52)42-6-14-16(36)17(37)24(46-14)31-8-30-15-22(27)28-7-29-23(15)31/h7-8,13-14,16-21,24-25,36-37H,5-6H2,1-4H3,(H,38,39)(H,40,52)(H2,27,28,29)/t13-,14+,16+,17+,18+,19+,20-,21-,24+,25-,51?/m0/s1. The Morgan fingerprint density at radius 3 is 2.19 bits per heavy atom. The minimum Gasteiger partial charge on any atom is -0.463 e. The molecule has 2 aliphatic heterocycles. The minimum absolute atomic E-state index is 0.0244. The molecule has 27 heteroatoms. The fourth-order valence-electron chi connectivity index (χ4n) is 5.10. The van der Waals surface area contributed by atoms with Gasteiger partial charge in [-0.2, -0.15) is 0 Å². The van der Waals surface area contributed by atoms with Crippen molar-refractivity contribution in [2.24, 2.45) is 0 Å². The van der Waals surface area contributed by atoms with E-state index < -0.39 is 113 Å². The predicted molar refractivity (Wildman–Crippen MR) is 167 cm³/mol. The number of aliphatic hydroxyl groups excluding tert-OH is 2. The molecule has 0 radical (unpaired) electrons. The van der Waals surface area contributed by atoms with Gasteiger partial charge in [0.05, 0.1) is 12.9 Å². The van der Waals surface area contributed by atoms with Crippen molar-refractivity contribution < 1.29 is 89.9 Å². The highest BCUT2D eigenvalue weighted by Crippen LogP contribution is 2.62. The molecule has 52 heavy (non-hydrogen) atoms. The Morgan fingerprint density at radius 2 is 1.58 bits per heavy atom. The van der Waals surface area contributed by atoms with Crippen LogP contribution >= 0.6 is 14.5 Å². The van der Waals surface area contributed by atoms with Crippen LogP contribution in [-0.2, 0) is 77.3 Å². The molecule has 23 nitrogen and oxygen atoms in total. The number of imidazole rings is 1. The van der Waals surface area contributed by atoms with Crippen LogP contribution in [0.15, 0.2) is 12.7 Å². The van der Waals surface area contributed by atoms with Crippen LogP contribution < -0.4 is 5.73 Å². The smallest absolute Gasteiger partial charge is 0.463 e. The predicted octanol–water partition coefficient (Wildman–Crippen LogP) is -1.18. The highest BCUT2D eigenvalue weighted by atomic mass is 32.5. The number of halogens is 1. The Hall–Kier alpha value is -3.32. The zero-order valence-corrected chi connectivity index (χ0v) is 30.0. The van der Waals surface area contributed by atoms with Crippen LogP contribution in [0.3, 0.4) is 0 Å². The van der Waals surface area contributed by atoms with Gasteiger partial charge in [-0.25, -0.2) is 28.2 Å². The summed E-state index contributed by atoms with van der Waals surface area (Å²) in [6, 6.07) is 0. The molecular formula is C25H34FN5O18P2S. The molecule has 2 aromatic heterocycles. The Morgan fingerprint density at radius 1 is 0.962 bits per heavy atom. The van der Waals surface area contributed by atoms with E-state index in [9.17, 15) is 43.7 Å². The zero-order valence-electron chi connectivity index (χ0n) is 27.4. The van der Waals surface area contributed by atoms with Crippen LogP contribution in [0.4, 0.5) is 10.2 Å². The second-order valence-electron chi connectivity index (χ2n) is 11.1. The molecule has 4 rings (SSSR count). The molecule has 0 bridgehead atoms. The molecule has 2 unspecified atom stereocenters. The van der Waals surface area contributed by atoms with Crippen LogP contribution in [0.2, 0.25) is 0 Å². The molecular weight excluding hydrogens is 771 g/mol. The first-order chi connectivity index (χ1) is 24.2. The monoisotopic (exact) mass is 805 g/mol. The number of aliphatic hydroxyl groups is 2. The zero-order chi connectivity index (χ0) is 38.7. The molecule has 0 aliphatic carbocycles. The van der Waals surface area contributed by atoms with Crippen LogP contribution in [0.5, 0.6) is 0 Å². The van der Waals surface area contributed by atoms with E-state index in [1.54, 1.807) is 0 Å². The van der Waals surface area contributed by atoms with Gasteiger partial charge in [0.25, 0.3) is 0 Å². The van der Waals surface area contributed by atoms with E-state index >= 15 is 4.39 Å². The topological polar surface area (TPSA) is 319 Å². The summed E-state index contributed by atoms with van der Waals surface area (Å²) in [7, 11) is -5.72. The van der Waals surface area contributed by atoms with E-state index in [2.05, 4.69) is 24.0 Å². The highest BCUT2D eigenvalue weighted by molar-refractivity contribution is 8.08. The summed E-state index contributed by atoms with van der Waals surface area (Å²) in [6.45, 7) is -3.12. The molecule has 0 aromatic carbocycles. The van der Waals surface area contributed by atoms with Gasteiger partial charge in [0.2, 0.25) is 6.29 Å². The van der Waals surface area contributed by atoms with Gasteiger partial charge in [0.1, 0.15) is 42.9 Å². The van der Waals surface area contributed by atoms with Crippen molar-refractivity contribution in [3.8, 4) is 0 Å². The van der Waals surface area contributed by atoms with Gasteiger partial charge >= 0.3 is 38.4 Å². The molecule has 2 saturated heterocycles. The normalized spacial score (nSPS) is 30.4. The number of aromatic nitrogens is 4. The number of anilines is 1. The highest BCUT2D eigenvalue weighted by Gasteiger charge is 2.57. The second-order valence-corrected chi connectivity index (χ2v) is 15.4. The Balaban J connectivity index is 1.52. The molecule has 4 heterocycles. The largest absolute Gasteiger partial charge is 0.481 e. The van der Waals surface area contributed by atoms with Crippen molar-refractivity contribution in [1.82, 2.24) is 19.5 Å². The maximum absolute atomic E-state index is 15.4. The molecule has 2 fully saturated rings. The number of carbonyl (C=O) groups excluding carboxylic acids is 4. The van der Waals surface area contributed by atoms with Gasteiger partial charge in [-0.05, 0) is 11.8 Å². The number of esters is 4. The number of nitrogen functional groups attached to an aromatic ring is 1. The summed E-state index contributed by atoms with van der Waals surface area (Å²) in [4.78, 5) is 80.5. The molecule has 290 valence electrons. The quantitative estimate of drug-likeness (QED) is 0.0852. The third-order valence-electron chi connectivity index (χ3n) is 7.08. The van der Waals surface area contributed by atoms with Gasteiger partial charge < -0.3 is 58.7 Å². The Bertz CT molecular complexity index is 1760. The van der Waals surface area contributed by atoms with Crippen LogP contribution in [0.25, 0.3) is 11.2 Å². The molecule has 2 aliphatic rings. The molecule has 0 spiro atoms. The number of fused-ring (bicyclic) bond motifs is 1. The summed E-state index contributed by atoms with van der Waals surface area (Å²) in [5.74, 6) is -4.16. The van der Waals surface area contributed by atoms with Crippen LogP contribution in [-0.4, -0.2) is 132 Å². The van der Waals surface area contributed by atoms with E-state index in [4.69, 9.17) is 50.3 Å². The third kappa shape index (κ3) is 10.2. The summed E-state index contributed by atoms with van der Waals surface area (Å²) >= 11 is 4.82. The van der Waals surface area contributed by atoms with E-state index in [0.717, 1.165) is 34.0 Å². The summed E-state index contributed by atoms with van der Waals surface area (Å²) in [6.07, 6.45) is -16.5. The summed E-state index contributed by atoms with van der Waals surface area (Å²) < 4.78 is 75.7. The average molecular weight is 806 g/mol. The average Bonchev–Trinajstić information content (AvgIpc) is 3.57. The molecule has 0 saturated carbocycles. The van der Waals surface area contributed by atoms with E-state index in [1.807, 2.05) is 0 Å². The Kier molecular flexibility index (Phi) is 13.4. The van der Waals surface area contributed by atoms with Gasteiger partial charge in [-0.1, -0.05) is 0 Å². The molecule has 0 amide bonds. The first-order valence-corrected chi connectivity index (χ1v) is 18.9. The van der Waals surface area contributed by atoms with Crippen molar-refractivity contribution in [3.63, 3.8) is 0 Å². The number of alkyl halides is 1. The lowest BCUT2D eigenvalue weighted by Crippen LogP contribution is -2.64. The lowest BCUT2D eigenvalue weighted by Gasteiger charge is -2.44. The van der Waals surface area contributed by atoms with Gasteiger partial charge in [-0.15, -0.1) is 0 Å². The molecule has 12 atom stereocenters. The van der Waals surface area contributed by atoms with Gasteiger partial charge in [-0.3, -0.25) is 28.3 Å². The van der Waals surface area contributed by atoms with E-state index in [0.29, 0.717) is 0 Å². The molecule has 6 N–H and O–H groups in total. The Labute approximate surface area is 297 Å². The first kappa shape index (κ1) is 41.4. The first-order valence-electron chi connectivity index (χ1n) is 14.8. The number of phosphoric ester groups is 1. The fourth-order valence-corrected chi connectivity index (χ4v) is 8.19. The number of hydrogen-bond acceptors (Lipinski definition) is 21. The second kappa shape index (κ2) is 16.8. The van der Waals surface area contributed by atoms with E-state index in [1.165, 1.54) is 10.9 Å². The fraction of sp³-hybridized carbons (Fsp3) is 0.640. The minimum atomic E-state index is -5.72. The number of nitrogens with zero attached hydrogens (tertiary/aromatic N) is 4. The van der Waals surface area contributed by atoms with Crippen molar-refractivity contribution in [1.29, 1.82) is 0 Å². The van der Waals surface area contributed by atoms with Crippen molar-refractivity contribution >= 4 is 67.2 Å². The van der Waals surface area contributed by atoms with E-state index in [-0.39, 0.29) is 17.0 Å². The SMILES string of the molecule is CC(=O)OC[C@H](F)[C@H]1O[C@@H](OP(=O)(O)OP(O)(=S)OC[C@H]2O[C@@H](n3cnc4c(N)ncnc43)[C@H](O)[C@@H]2O)[C@@H](OC(C)=O)[C@@H](OC(C)=O)[C@@H]1OC(C)=O. The number of phosphoric acid groups is 1.